The molecule has 0 spiro atoms. The average Bonchev–Trinajstić information content (AvgIpc) is 2.82. The fourth-order valence-electron chi connectivity index (χ4n) is 3.30. The van der Waals surface area contributed by atoms with Crippen molar-refractivity contribution in [1.82, 2.24) is 10.6 Å². The maximum Gasteiger partial charge on any atom is 0.224 e. The molecule has 0 heterocycles. The van der Waals surface area contributed by atoms with Crippen molar-refractivity contribution in [3.05, 3.63) is 78.4 Å². The molecule has 2 rings (SSSR count). The maximum atomic E-state index is 12.5. The van der Waals surface area contributed by atoms with Crippen molar-refractivity contribution in [3.63, 3.8) is 0 Å². The van der Waals surface area contributed by atoms with E-state index >= 15 is 0 Å². The first-order valence-corrected chi connectivity index (χ1v) is 11.1. The zero-order valence-corrected chi connectivity index (χ0v) is 19.1. The summed E-state index contributed by atoms with van der Waals surface area (Å²) in [6.45, 7) is 5.60. The lowest BCUT2D eigenvalue weighted by molar-refractivity contribution is -0.130. The first-order valence-electron chi connectivity index (χ1n) is 11.1. The Labute approximate surface area is 195 Å². The lowest BCUT2D eigenvalue weighted by Crippen LogP contribution is -2.42. The lowest BCUT2D eigenvalue weighted by atomic mass is 9.99. The first-order chi connectivity index (χ1) is 15.9. The van der Waals surface area contributed by atoms with Crippen molar-refractivity contribution in [1.29, 1.82) is 0 Å². The van der Waals surface area contributed by atoms with Crippen LogP contribution in [0.15, 0.2) is 67.3 Å². The number of aliphatic hydroxyl groups is 2. The van der Waals surface area contributed by atoms with E-state index in [1.165, 1.54) is 0 Å². The summed E-state index contributed by atoms with van der Waals surface area (Å²) in [7, 11) is 0. The van der Waals surface area contributed by atoms with Gasteiger partial charge >= 0.3 is 0 Å². The van der Waals surface area contributed by atoms with Gasteiger partial charge in [0.1, 0.15) is 12.4 Å². The van der Waals surface area contributed by atoms with Crippen LogP contribution in [0.1, 0.15) is 30.9 Å². The van der Waals surface area contributed by atoms with Gasteiger partial charge in [-0.05, 0) is 43.0 Å². The molecule has 2 aromatic carbocycles. The summed E-state index contributed by atoms with van der Waals surface area (Å²) < 4.78 is 5.79. The molecular formula is C26H34N2O5. The number of benzene rings is 2. The third-order valence-corrected chi connectivity index (χ3v) is 5.06. The molecule has 178 valence electrons. The minimum Gasteiger partial charge on any atom is -0.489 e. The van der Waals surface area contributed by atoms with Gasteiger partial charge in [-0.15, -0.1) is 6.58 Å². The summed E-state index contributed by atoms with van der Waals surface area (Å²) in [6.07, 6.45) is 1.68. The number of amides is 2. The molecule has 3 atom stereocenters. The van der Waals surface area contributed by atoms with Crippen LogP contribution in [0.25, 0.3) is 0 Å². The summed E-state index contributed by atoms with van der Waals surface area (Å²) in [5.74, 6) is -0.474. The van der Waals surface area contributed by atoms with E-state index in [9.17, 15) is 19.8 Å². The van der Waals surface area contributed by atoms with Crippen LogP contribution in [0, 0.1) is 5.92 Å². The number of rotatable bonds is 14. The normalized spacial score (nSPS) is 13.4. The molecule has 7 nitrogen and oxygen atoms in total. The molecule has 0 fully saturated rings. The average molecular weight is 455 g/mol. The summed E-state index contributed by atoms with van der Waals surface area (Å²) in [5.41, 5.74) is 2.03. The van der Waals surface area contributed by atoms with Gasteiger partial charge in [-0.1, -0.05) is 48.5 Å². The summed E-state index contributed by atoms with van der Waals surface area (Å²) in [5, 5.41) is 24.5. The monoisotopic (exact) mass is 454 g/mol. The van der Waals surface area contributed by atoms with Gasteiger partial charge in [0.05, 0.1) is 24.7 Å². The van der Waals surface area contributed by atoms with Crippen molar-refractivity contribution >= 4 is 11.8 Å². The second-order valence-corrected chi connectivity index (χ2v) is 8.09. The van der Waals surface area contributed by atoms with Gasteiger partial charge in [-0.3, -0.25) is 9.59 Å². The highest BCUT2D eigenvalue weighted by Crippen LogP contribution is 2.16. The molecule has 33 heavy (non-hydrogen) atoms. The van der Waals surface area contributed by atoms with Crippen molar-refractivity contribution < 1.29 is 24.5 Å². The van der Waals surface area contributed by atoms with Crippen LogP contribution in [0.3, 0.4) is 0 Å². The smallest absolute Gasteiger partial charge is 0.224 e. The van der Waals surface area contributed by atoms with Crippen molar-refractivity contribution in [2.75, 3.05) is 13.2 Å². The van der Waals surface area contributed by atoms with E-state index in [4.69, 9.17) is 4.74 Å². The molecule has 0 aromatic heterocycles. The van der Waals surface area contributed by atoms with Gasteiger partial charge in [0.2, 0.25) is 11.8 Å². The molecule has 0 saturated heterocycles. The molecule has 0 aliphatic heterocycles. The zero-order chi connectivity index (χ0) is 24.1. The van der Waals surface area contributed by atoms with E-state index in [-0.39, 0.29) is 31.4 Å². The molecule has 0 bridgehead atoms. The highest BCUT2D eigenvalue weighted by Gasteiger charge is 2.22. The second-order valence-electron chi connectivity index (χ2n) is 8.09. The van der Waals surface area contributed by atoms with Gasteiger partial charge in [-0.25, -0.2) is 0 Å². The molecule has 0 radical (unpaired) electrons. The van der Waals surface area contributed by atoms with Crippen LogP contribution in [-0.2, 0) is 22.6 Å². The van der Waals surface area contributed by atoms with Crippen molar-refractivity contribution in [3.8, 4) is 5.75 Å². The minimum absolute atomic E-state index is 0.0274. The van der Waals surface area contributed by atoms with Crippen LogP contribution in [0.5, 0.6) is 5.75 Å². The standard InChI is InChI=1S/C26H34N2O5/c1-3-7-22(26(32)27-16-19(2)30)15-25(31)28-23(17-29)14-20-10-12-24(13-11-20)33-18-21-8-5-4-6-9-21/h3-6,8-13,19,22-23,29-30H,1,7,14-18H2,2H3,(H,27,32)(H,28,31)/t19-,22+,23-/m0/s1. The molecule has 2 aromatic rings. The van der Waals surface area contributed by atoms with Crippen molar-refractivity contribution in [2.45, 2.75) is 44.9 Å². The molecule has 0 unspecified atom stereocenters. The molecule has 0 aliphatic rings. The van der Waals surface area contributed by atoms with E-state index < -0.39 is 18.1 Å². The third-order valence-electron chi connectivity index (χ3n) is 5.06. The van der Waals surface area contributed by atoms with Gasteiger partial charge in [0.15, 0.2) is 0 Å². The van der Waals surface area contributed by atoms with Gasteiger partial charge < -0.3 is 25.6 Å². The topological polar surface area (TPSA) is 108 Å². The molecule has 0 saturated carbocycles. The number of nitrogens with one attached hydrogen (secondary N) is 2. The number of carbonyl (C=O) groups is 2. The van der Waals surface area contributed by atoms with Crippen molar-refractivity contribution in [2.24, 2.45) is 5.92 Å². The number of allylic oxidation sites excluding steroid dienone is 1. The number of hydrogen-bond acceptors (Lipinski definition) is 5. The number of ether oxygens (including phenoxy) is 1. The Morgan fingerprint density at radius 2 is 1.79 bits per heavy atom. The molecule has 4 N–H and O–H groups in total. The van der Waals surface area contributed by atoms with Gasteiger partial charge in [0, 0.05) is 13.0 Å². The quantitative estimate of drug-likeness (QED) is 0.328. The number of hydrogen-bond donors (Lipinski definition) is 4. The van der Waals surface area contributed by atoms with E-state index in [0.717, 1.165) is 16.9 Å². The second kappa shape index (κ2) is 14.1. The Morgan fingerprint density at radius 3 is 2.39 bits per heavy atom. The molecule has 2 amide bonds. The Balaban J connectivity index is 1.85. The zero-order valence-electron chi connectivity index (χ0n) is 19.1. The maximum absolute atomic E-state index is 12.5. The Bertz CT molecular complexity index is 868. The Kier molecular flexibility index (Phi) is 11.1. The molecule has 7 heteroatoms. The fourth-order valence-corrected chi connectivity index (χ4v) is 3.30. The van der Waals surface area contributed by atoms with Crippen LogP contribution in [0.2, 0.25) is 0 Å². The van der Waals surface area contributed by atoms with Crippen LogP contribution in [0.4, 0.5) is 0 Å². The van der Waals surface area contributed by atoms with E-state index in [2.05, 4.69) is 17.2 Å². The summed E-state index contributed by atoms with van der Waals surface area (Å²) in [6, 6.07) is 16.9. The number of carbonyl (C=O) groups excluding carboxylic acids is 2. The van der Waals surface area contributed by atoms with Crippen LogP contribution in [-0.4, -0.2) is 47.3 Å². The van der Waals surface area contributed by atoms with Gasteiger partial charge in [0.25, 0.3) is 0 Å². The minimum atomic E-state index is -0.666. The lowest BCUT2D eigenvalue weighted by Gasteiger charge is -2.20. The first kappa shape index (κ1) is 26.1. The highest BCUT2D eigenvalue weighted by atomic mass is 16.5. The van der Waals surface area contributed by atoms with Crippen LogP contribution >= 0.6 is 0 Å². The third kappa shape index (κ3) is 9.89. The summed E-state index contributed by atoms with van der Waals surface area (Å²) >= 11 is 0. The van der Waals surface area contributed by atoms with Gasteiger partial charge in [-0.2, -0.15) is 0 Å². The molecular weight excluding hydrogens is 420 g/mol. The number of aliphatic hydroxyl groups excluding tert-OH is 2. The SMILES string of the molecule is C=CC[C@H](CC(=O)N[C@H](CO)Cc1ccc(OCc2ccccc2)cc1)C(=O)NC[C@H](C)O. The largest absolute Gasteiger partial charge is 0.489 e. The predicted octanol–water partition coefficient (Wildman–Crippen LogP) is 2.36. The van der Waals surface area contributed by atoms with E-state index in [1.807, 2.05) is 54.6 Å². The Hall–Kier alpha value is -3.16. The van der Waals surface area contributed by atoms with Crippen LogP contribution < -0.4 is 15.4 Å². The summed E-state index contributed by atoms with van der Waals surface area (Å²) in [4.78, 5) is 24.8. The van der Waals surface area contributed by atoms with E-state index in [1.54, 1.807) is 13.0 Å². The fraction of sp³-hybridized carbons (Fsp3) is 0.385. The Morgan fingerprint density at radius 1 is 1.09 bits per heavy atom. The highest BCUT2D eigenvalue weighted by molar-refractivity contribution is 5.86. The molecule has 0 aliphatic carbocycles. The predicted molar refractivity (Wildman–Crippen MR) is 128 cm³/mol. The van der Waals surface area contributed by atoms with E-state index in [0.29, 0.717) is 19.4 Å².